The van der Waals surface area contributed by atoms with Crippen molar-refractivity contribution in [2.45, 2.75) is 23.8 Å². The van der Waals surface area contributed by atoms with Gasteiger partial charge in [0.25, 0.3) is 0 Å². The van der Waals surface area contributed by atoms with Crippen molar-refractivity contribution in [3.8, 4) is 17.2 Å². The van der Waals surface area contributed by atoms with Gasteiger partial charge in [0, 0.05) is 21.7 Å². The van der Waals surface area contributed by atoms with Crippen LogP contribution in [0.1, 0.15) is 22.8 Å². The first-order chi connectivity index (χ1) is 13.8. The average molecular weight is 440 g/mol. The topological polar surface area (TPSA) is 94.1 Å². The Labute approximate surface area is 178 Å². The van der Waals surface area contributed by atoms with Gasteiger partial charge in [0.1, 0.15) is 5.38 Å². The van der Waals surface area contributed by atoms with E-state index in [0.29, 0.717) is 39.0 Å². The van der Waals surface area contributed by atoms with Crippen LogP contribution in [0, 0.1) is 0 Å². The van der Waals surface area contributed by atoms with Gasteiger partial charge in [0.2, 0.25) is 16.8 Å². The highest BCUT2D eigenvalue weighted by atomic mass is 35.5. The lowest BCUT2D eigenvalue weighted by Crippen LogP contribution is -2.21. The molecular weight excluding hydrogens is 418 g/mol. The molecule has 2 rings (SSSR count). The highest BCUT2D eigenvalue weighted by Gasteiger charge is 2.18. The number of carbonyl (C=O) groups is 2. The Balaban J connectivity index is 2.32. The Morgan fingerprint density at radius 3 is 2.21 bits per heavy atom. The van der Waals surface area contributed by atoms with Crippen LogP contribution in [0.5, 0.6) is 17.2 Å². The number of amides is 1. The highest BCUT2D eigenvalue weighted by Crippen LogP contribution is 2.41. The summed E-state index contributed by atoms with van der Waals surface area (Å²) in [5, 5.41) is 11.1. The number of hydrogen-bond acceptors (Lipinski definition) is 7. The summed E-state index contributed by atoms with van der Waals surface area (Å²) in [5.41, 5.74) is 1.16. The summed E-state index contributed by atoms with van der Waals surface area (Å²) >= 11 is 6.75. The van der Waals surface area contributed by atoms with Gasteiger partial charge in [0.15, 0.2) is 11.5 Å². The molecule has 29 heavy (non-hydrogen) atoms. The third-order valence-corrected chi connectivity index (χ3v) is 5.07. The van der Waals surface area contributed by atoms with E-state index in [4.69, 9.17) is 25.8 Å². The number of ether oxygens (including phenoxy) is 3. The fourth-order valence-corrected chi connectivity index (χ4v) is 3.32. The average Bonchev–Trinajstić information content (AvgIpc) is 2.72. The first kappa shape index (κ1) is 22.9. The number of thioether (sulfide) groups is 1. The molecule has 2 aromatic carbocycles. The Morgan fingerprint density at radius 2 is 1.72 bits per heavy atom. The molecule has 0 aliphatic rings. The molecule has 0 bridgehead atoms. The summed E-state index contributed by atoms with van der Waals surface area (Å²) in [6, 6.07) is 8.01. The van der Waals surface area contributed by atoms with E-state index in [0.717, 1.165) is 11.8 Å². The Bertz CT molecular complexity index is 878. The maximum absolute atomic E-state index is 12.8. The summed E-state index contributed by atoms with van der Waals surface area (Å²) in [5.74, 6) is 0.867. The molecule has 7 nitrogen and oxygen atoms in total. The predicted molar refractivity (Wildman–Crippen MR) is 113 cm³/mol. The third kappa shape index (κ3) is 5.56. The monoisotopic (exact) mass is 439 g/mol. The molecule has 1 unspecified atom stereocenters. The SMILES string of the molecule is COc1cc(SC(=O)c2ccc(CO)c(NC(=O)C(C)Cl)c2)cc(OC)c1OC. The molecule has 156 valence electrons. The van der Waals surface area contributed by atoms with Gasteiger partial charge in [-0.3, -0.25) is 9.59 Å². The molecular formula is C20H22ClNO6S. The second-order valence-corrected chi connectivity index (χ2v) is 7.59. The van der Waals surface area contributed by atoms with E-state index in [1.165, 1.54) is 34.3 Å². The molecule has 0 spiro atoms. The van der Waals surface area contributed by atoms with Crippen molar-refractivity contribution in [1.82, 2.24) is 0 Å². The van der Waals surface area contributed by atoms with Crippen molar-refractivity contribution in [2.75, 3.05) is 26.6 Å². The lowest BCUT2D eigenvalue weighted by molar-refractivity contribution is -0.115. The minimum Gasteiger partial charge on any atom is -0.493 e. The summed E-state index contributed by atoms with van der Waals surface area (Å²) in [6.07, 6.45) is 0. The zero-order valence-electron chi connectivity index (χ0n) is 16.4. The number of carbonyl (C=O) groups excluding carboxylic acids is 2. The Hall–Kier alpha value is -2.42. The molecule has 0 aliphatic heterocycles. The van der Waals surface area contributed by atoms with Crippen LogP contribution in [0.2, 0.25) is 0 Å². The molecule has 9 heteroatoms. The summed E-state index contributed by atoms with van der Waals surface area (Å²) < 4.78 is 15.9. The van der Waals surface area contributed by atoms with Gasteiger partial charge in [-0.15, -0.1) is 11.6 Å². The number of halogens is 1. The van der Waals surface area contributed by atoms with E-state index in [9.17, 15) is 14.7 Å². The zero-order valence-corrected chi connectivity index (χ0v) is 18.0. The first-order valence-electron chi connectivity index (χ1n) is 8.55. The van der Waals surface area contributed by atoms with E-state index in [-0.39, 0.29) is 11.7 Å². The maximum atomic E-state index is 12.8. The molecule has 0 saturated carbocycles. The van der Waals surface area contributed by atoms with E-state index >= 15 is 0 Å². The summed E-state index contributed by atoms with van der Waals surface area (Å²) in [6.45, 7) is 1.24. The molecule has 2 aromatic rings. The van der Waals surface area contributed by atoms with Gasteiger partial charge in [-0.1, -0.05) is 6.07 Å². The number of aliphatic hydroxyl groups is 1. The van der Waals surface area contributed by atoms with Crippen LogP contribution in [0.25, 0.3) is 0 Å². The minimum absolute atomic E-state index is 0.266. The van der Waals surface area contributed by atoms with Crippen LogP contribution in [0.3, 0.4) is 0 Å². The molecule has 2 N–H and O–H groups in total. The molecule has 0 aliphatic carbocycles. The number of alkyl halides is 1. The van der Waals surface area contributed by atoms with Gasteiger partial charge < -0.3 is 24.6 Å². The number of nitrogens with one attached hydrogen (secondary N) is 1. The van der Waals surface area contributed by atoms with Crippen molar-refractivity contribution >= 4 is 40.1 Å². The third-order valence-electron chi connectivity index (χ3n) is 3.98. The lowest BCUT2D eigenvalue weighted by atomic mass is 10.1. The van der Waals surface area contributed by atoms with Crippen LogP contribution in [0.15, 0.2) is 35.2 Å². The van der Waals surface area contributed by atoms with Crippen molar-refractivity contribution in [1.29, 1.82) is 0 Å². The van der Waals surface area contributed by atoms with Crippen LogP contribution < -0.4 is 19.5 Å². The van der Waals surface area contributed by atoms with Crippen molar-refractivity contribution < 1.29 is 28.9 Å². The molecule has 0 aromatic heterocycles. The van der Waals surface area contributed by atoms with E-state index in [1.54, 1.807) is 24.3 Å². The van der Waals surface area contributed by atoms with Crippen molar-refractivity contribution in [3.63, 3.8) is 0 Å². The number of hydrogen-bond donors (Lipinski definition) is 2. The maximum Gasteiger partial charge on any atom is 0.242 e. The van der Waals surface area contributed by atoms with Crippen molar-refractivity contribution in [2.24, 2.45) is 0 Å². The normalized spacial score (nSPS) is 11.5. The van der Waals surface area contributed by atoms with Crippen LogP contribution >= 0.6 is 23.4 Å². The zero-order chi connectivity index (χ0) is 21.6. The van der Waals surface area contributed by atoms with Crippen LogP contribution in [0.4, 0.5) is 5.69 Å². The second-order valence-electron chi connectivity index (χ2n) is 5.89. The Kier molecular flexibility index (Phi) is 8.19. The number of rotatable bonds is 8. The smallest absolute Gasteiger partial charge is 0.242 e. The van der Waals surface area contributed by atoms with E-state index in [2.05, 4.69) is 5.32 Å². The van der Waals surface area contributed by atoms with Gasteiger partial charge in [-0.05, 0) is 43.0 Å². The molecule has 0 saturated heterocycles. The number of methoxy groups -OCH3 is 3. The number of aliphatic hydroxyl groups excluding tert-OH is 1. The highest BCUT2D eigenvalue weighted by molar-refractivity contribution is 8.14. The molecule has 0 heterocycles. The second kappa shape index (κ2) is 10.4. The quantitative estimate of drug-likeness (QED) is 0.478. The molecule has 0 radical (unpaired) electrons. The fourth-order valence-electron chi connectivity index (χ4n) is 2.47. The molecule has 1 atom stereocenters. The van der Waals surface area contributed by atoms with Crippen molar-refractivity contribution in [3.05, 3.63) is 41.5 Å². The summed E-state index contributed by atoms with van der Waals surface area (Å²) in [4.78, 5) is 25.3. The fraction of sp³-hybridized carbons (Fsp3) is 0.300. The Morgan fingerprint density at radius 1 is 1.10 bits per heavy atom. The van der Waals surface area contributed by atoms with Gasteiger partial charge in [-0.25, -0.2) is 0 Å². The predicted octanol–water partition coefficient (Wildman–Crippen LogP) is 3.70. The van der Waals surface area contributed by atoms with Gasteiger partial charge >= 0.3 is 0 Å². The van der Waals surface area contributed by atoms with E-state index < -0.39 is 11.3 Å². The van der Waals surface area contributed by atoms with Gasteiger partial charge in [0.05, 0.1) is 27.9 Å². The lowest BCUT2D eigenvalue weighted by Gasteiger charge is -2.14. The molecule has 1 amide bonds. The van der Waals surface area contributed by atoms with Crippen LogP contribution in [-0.4, -0.2) is 42.8 Å². The number of benzene rings is 2. The summed E-state index contributed by atoms with van der Waals surface area (Å²) in [7, 11) is 4.49. The van der Waals surface area contributed by atoms with E-state index in [1.807, 2.05) is 0 Å². The molecule has 0 fully saturated rings. The number of anilines is 1. The van der Waals surface area contributed by atoms with Crippen LogP contribution in [-0.2, 0) is 11.4 Å². The van der Waals surface area contributed by atoms with Gasteiger partial charge in [-0.2, -0.15) is 0 Å². The minimum atomic E-state index is -0.755. The largest absolute Gasteiger partial charge is 0.493 e. The standard InChI is InChI=1S/C20H22ClNO6S/c1-11(21)19(24)22-15-7-12(5-6-13(15)10-23)20(25)29-14-8-16(26-2)18(28-4)17(9-14)27-3/h5-9,11,23H,10H2,1-4H3,(H,22,24). The first-order valence-corrected chi connectivity index (χ1v) is 9.80.